The summed E-state index contributed by atoms with van der Waals surface area (Å²) < 4.78 is 11.4. The zero-order valence-corrected chi connectivity index (χ0v) is 20.4. The molecule has 7 heteroatoms. The van der Waals surface area contributed by atoms with Gasteiger partial charge >= 0.3 is 0 Å². The smallest absolute Gasteiger partial charge is 0.295 e. The van der Waals surface area contributed by atoms with Crippen molar-refractivity contribution >= 4 is 28.4 Å². The molecule has 2 N–H and O–H groups in total. The molecule has 1 fully saturated rings. The number of hydrogen-bond acceptors (Lipinski definition) is 5. The number of benzene rings is 2. The van der Waals surface area contributed by atoms with Gasteiger partial charge in [0, 0.05) is 29.2 Å². The Bertz CT molecular complexity index is 1460. The summed E-state index contributed by atoms with van der Waals surface area (Å²) in [7, 11) is 0. The Morgan fingerprint density at radius 2 is 1.94 bits per heavy atom. The highest BCUT2D eigenvalue weighted by Crippen LogP contribution is 2.40. The van der Waals surface area contributed by atoms with Crippen molar-refractivity contribution in [3.05, 3.63) is 95.1 Å². The van der Waals surface area contributed by atoms with Gasteiger partial charge in [0.25, 0.3) is 11.7 Å². The molecule has 4 aromatic rings. The molecule has 1 atom stereocenters. The Kier molecular flexibility index (Phi) is 6.14. The summed E-state index contributed by atoms with van der Waals surface area (Å²) in [6, 6.07) is 15.8. The Morgan fingerprint density at radius 3 is 2.67 bits per heavy atom. The Labute approximate surface area is 209 Å². The summed E-state index contributed by atoms with van der Waals surface area (Å²) in [5.41, 5.74) is 3.33. The highest BCUT2D eigenvalue weighted by Gasteiger charge is 2.47. The van der Waals surface area contributed by atoms with Gasteiger partial charge in [0.2, 0.25) is 0 Å². The average Bonchev–Trinajstić information content (AvgIpc) is 3.58. The number of rotatable bonds is 7. The number of ether oxygens (including phenoxy) is 1. The van der Waals surface area contributed by atoms with Crippen LogP contribution in [-0.2, 0) is 16.0 Å². The number of H-pyrrole nitrogens is 1. The SMILES string of the molecule is Cc1cc(/C(O)=C2/C(=O)C(=O)N(CCc3c[nH]c4ccccc34)C2c2ccco2)ccc1OC(C)C. The maximum absolute atomic E-state index is 13.2. The first kappa shape index (κ1) is 23.5. The van der Waals surface area contributed by atoms with E-state index in [4.69, 9.17) is 9.15 Å². The number of aromatic amines is 1. The third-order valence-corrected chi connectivity index (χ3v) is 6.46. The predicted octanol–water partition coefficient (Wildman–Crippen LogP) is 5.52. The maximum Gasteiger partial charge on any atom is 0.295 e. The normalized spacial score (nSPS) is 17.4. The molecule has 2 aromatic heterocycles. The fourth-order valence-electron chi connectivity index (χ4n) is 4.77. The molecular formula is C29H28N2O5. The van der Waals surface area contributed by atoms with Crippen molar-refractivity contribution in [1.29, 1.82) is 0 Å². The Morgan fingerprint density at radius 1 is 1.14 bits per heavy atom. The number of carbonyl (C=O) groups excluding carboxylic acids is 2. The number of para-hydroxylation sites is 1. The molecule has 0 spiro atoms. The van der Waals surface area contributed by atoms with E-state index < -0.39 is 17.7 Å². The highest BCUT2D eigenvalue weighted by molar-refractivity contribution is 6.46. The monoisotopic (exact) mass is 484 g/mol. The minimum atomic E-state index is -0.822. The van der Waals surface area contributed by atoms with Crippen LogP contribution < -0.4 is 4.74 Å². The van der Waals surface area contributed by atoms with Crippen molar-refractivity contribution in [3.63, 3.8) is 0 Å². The zero-order chi connectivity index (χ0) is 25.4. The van der Waals surface area contributed by atoms with Crippen molar-refractivity contribution in [2.75, 3.05) is 6.54 Å². The Balaban J connectivity index is 1.51. The molecule has 2 aromatic carbocycles. The van der Waals surface area contributed by atoms with Gasteiger partial charge in [0.05, 0.1) is 17.9 Å². The van der Waals surface area contributed by atoms with E-state index in [-0.39, 0.29) is 24.0 Å². The second kappa shape index (κ2) is 9.41. The lowest BCUT2D eigenvalue weighted by atomic mass is 9.98. The van der Waals surface area contributed by atoms with Crippen molar-refractivity contribution in [1.82, 2.24) is 9.88 Å². The summed E-state index contributed by atoms with van der Waals surface area (Å²) in [4.78, 5) is 31.1. The molecule has 1 amide bonds. The van der Waals surface area contributed by atoms with Crippen molar-refractivity contribution < 1.29 is 23.8 Å². The van der Waals surface area contributed by atoms with Crippen molar-refractivity contribution in [2.24, 2.45) is 0 Å². The topological polar surface area (TPSA) is 95.8 Å². The van der Waals surface area contributed by atoms with Gasteiger partial charge in [-0.15, -0.1) is 0 Å². The number of Topliss-reactive ketones (excluding diaryl/α,β-unsaturated/α-hetero) is 1. The molecule has 1 aliphatic heterocycles. The molecule has 3 heterocycles. The first-order valence-electron chi connectivity index (χ1n) is 12.0. The van der Waals surface area contributed by atoms with Gasteiger partial charge in [0.1, 0.15) is 23.3 Å². The van der Waals surface area contributed by atoms with Crippen LogP contribution in [0.1, 0.15) is 42.3 Å². The van der Waals surface area contributed by atoms with Crippen LogP contribution in [0.3, 0.4) is 0 Å². The van der Waals surface area contributed by atoms with Crippen LogP contribution in [-0.4, -0.2) is 39.3 Å². The van der Waals surface area contributed by atoms with Crippen LogP contribution in [0.15, 0.2) is 77.0 Å². The molecule has 0 bridgehead atoms. The van der Waals surface area contributed by atoms with E-state index in [9.17, 15) is 14.7 Å². The predicted molar refractivity (Wildman–Crippen MR) is 137 cm³/mol. The number of furan rings is 1. The van der Waals surface area contributed by atoms with Crippen LogP contribution >= 0.6 is 0 Å². The van der Waals surface area contributed by atoms with Gasteiger partial charge in [0.15, 0.2) is 0 Å². The summed E-state index contributed by atoms with van der Waals surface area (Å²) in [5.74, 6) is -0.500. The number of hydrogen-bond donors (Lipinski definition) is 2. The van der Waals surface area contributed by atoms with E-state index in [0.717, 1.165) is 22.0 Å². The molecule has 5 rings (SSSR count). The number of nitrogens with zero attached hydrogens (tertiary/aromatic N) is 1. The zero-order valence-electron chi connectivity index (χ0n) is 20.4. The number of amides is 1. The third kappa shape index (κ3) is 4.17. The fourth-order valence-corrected chi connectivity index (χ4v) is 4.77. The van der Waals surface area contributed by atoms with Gasteiger partial charge in [-0.3, -0.25) is 9.59 Å². The van der Waals surface area contributed by atoms with E-state index >= 15 is 0 Å². The van der Waals surface area contributed by atoms with Crippen LogP contribution in [0.4, 0.5) is 0 Å². The quantitative estimate of drug-likeness (QED) is 0.205. The number of ketones is 1. The summed E-state index contributed by atoms with van der Waals surface area (Å²) in [6.07, 6.45) is 3.96. The Hall–Kier alpha value is -4.26. The van der Waals surface area contributed by atoms with E-state index in [2.05, 4.69) is 4.98 Å². The molecule has 184 valence electrons. The van der Waals surface area contributed by atoms with Gasteiger partial charge < -0.3 is 24.1 Å². The summed E-state index contributed by atoms with van der Waals surface area (Å²) >= 11 is 0. The fraction of sp³-hybridized carbons (Fsp3) is 0.241. The molecule has 1 saturated heterocycles. The van der Waals surface area contributed by atoms with Gasteiger partial charge in [-0.25, -0.2) is 0 Å². The number of aliphatic hydroxyl groups excluding tert-OH is 1. The van der Waals surface area contributed by atoms with Crippen LogP contribution in [0.5, 0.6) is 5.75 Å². The van der Waals surface area contributed by atoms with Crippen molar-refractivity contribution in [3.8, 4) is 5.75 Å². The number of likely N-dealkylation sites (tertiary alicyclic amines) is 1. The second-order valence-electron chi connectivity index (χ2n) is 9.26. The van der Waals surface area contributed by atoms with Crippen molar-refractivity contribution in [2.45, 2.75) is 39.3 Å². The minimum Gasteiger partial charge on any atom is -0.507 e. The number of aromatic nitrogens is 1. The third-order valence-electron chi connectivity index (χ3n) is 6.46. The summed E-state index contributed by atoms with van der Waals surface area (Å²) in [5, 5.41) is 12.4. The van der Waals surface area contributed by atoms with E-state index in [0.29, 0.717) is 23.5 Å². The lowest BCUT2D eigenvalue weighted by Gasteiger charge is -2.23. The van der Waals surface area contributed by atoms with Crippen LogP contribution in [0, 0.1) is 6.92 Å². The molecule has 1 aliphatic rings. The number of carbonyl (C=O) groups is 2. The van der Waals surface area contributed by atoms with E-state index in [1.165, 1.54) is 11.2 Å². The molecule has 1 unspecified atom stereocenters. The number of aliphatic hydroxyl groups is 1. The summed E-state index contributed by atoms with van der Waals surface area (Å²) in [6.45, 7) is 6.04. The molecule has 7 nitrogen and oxygen atoms in total. The highest BCUT2D eigenvalue weighted by atomic mass is 16.5. The number of aryl methyl sites for hydroxylation is 1. The van der Waals surface area contributed by atoms with E-state index in [1.54, 1.807) is 30.3 Å². The van der Waals surface area contributed by atoms with Gasteiger partial charge in [-0.05, 0) is 74.7 Å². The molecule has 0 saturated carbocycles. The lowest BCUT2D eigenvalue weighted by molar-refractivity contribution is -0.140. The molecule has 36 heavy (non-hydrogen) atoms. The maximum atomic E-state index is 13.2. The first-order valence-corrected chi connectivity index (χ1v) is 12.0. The first-order chi connectivity index (χ1) is 17.3. The second-order valence-corrected chi connectivity index (χ2v) is 9.26. The van der Waals surface area contributed by atoms with Gasteiger partial charge in [-0.2, -0.15) is 0 Å². The lowest BCUT2D eigenvalue weighted by Crippen LogP contribution is -2.31. The molecule has 0 radical (unpaired) electrons. The standard InChI is InChI=1S/C29H28N2O5/c1-17(2)36-23-11-10-19(15-18(23)3)27(32)25-26(24-9-6-14-35-24)31(29(34)28(25)33)13-12-20-16-30-22-8-5-4-7-21(20)22/h4-11,14-17,26,30,32H,12-13H2,1-3H3/b27-25-. The molecule has 0 aliphatic carbocycles. The number of nitrogens with one attached hydrogen (secondary N) is 1. The van der Waals surface area contributed by atoms with E-state index in [1.807, 2.05) is 51.2 Å². The average molecular weight is 485 g/mol. The number of fused-ring (bicyclic) bond motifs is 1. The van der Waals surface area contributed by atoms with Crippen LogP contribution in [0.2, 0.25) is 0 Å². The molecular weight excluding hydrogens is 456 g/mol. The minimum absolute atomic E-state index is 0.00423. The van der Waals surface area contributed by atoms with Crippen LogP contribution in [0.25, 0.3) is 16.7 Å². The van der Waals surface area contributed by atoms with Gasteiger partial charge in [-0.1, -0.05) is 18.2 Å². The largest absolute Gasteiger partial charge is 0.507 e.